The Balaban J connectivity index is 1.46. The maximum Gasteiger partial charge on any atom is 0.354 e. The van der Waals surface area contributed by atoms with Gasteiger partial charge in [-0.25, -0.2) is 9.78 Å². The molecule has 7 heteroatoms. The van der Waals surface area contributed by atoms with Crippen molar-refractivity contribution in [3.05, 3.63) is 59.7 Å². The summed E-state index contributed by atoms with van der Waals surface area (Å²) in [7, 11) is 0. The zero-order valence-electron chi connectivity index (χ0n) is 14.2. The highest BCUT2D eigenvalue weighted by Gasteiger charge is 2.16. The van der Waals surface area contributed by atoms with Crippen molar-refractivity contribution in [2.24, 2.45) is 0 Å². The molecule has 3 heterocycles. The molecule has 1 aromatic carbocycles. The van der Waals surface area contributed by atoms with E-state index in [1.165, 1.54) is 18.9 Å². The second kappa shape index (κ2) is 6.95. The third-order valence-electron chi connectivity index (χ3n) is 4.50. The van der Waals surface area contributed by atoms with E-state index in [1.807, 2.05) is 24.3 Å². The number of pyridine rings is 1. The molecule has 0 aliphatic carbocycles. The van der Waals surface area contributed by atoms with Crippen molar-refractivity contribution in [2.75, 3.05) is 5.32 Å². The Kier molecular flexibility index (Phi) is 4.35. The molecule has 26 heavy (non-hydrogen) atoms. The molecule has 0 atom stereocenters. The summed E-state index contributed by atoms with van der Waals surface area (Å²) in [6.07, 6.45) is 3.34. The lowest BCUT2D eigenvalue weighted by Crippen LogP contribution is -2.11. The molecule has 3 aromatic rings. The highest BCUT2D eigenvalue weighted by Crippen LogP contribution is 2.24. The van der Waals surface area contributed by atoms with E-state index in [1.54, 1.807) is 12.1 Å². The average Bonchev–Trinajstić information content (AvgIpc) is 3.11. The number of aromatic nitrogens is 4. The van der Waals surface area contributed by atoms with Gasteiger partial charge in [0, 0.05) is 24.2 Å². The van der Waals surface area contributed by atoms with Gasteiger partial charge in [0.2, 0.25) is 0 Å². The van der Waals surface area contributed by atoms with E-state index < -0.39 is 5.97 Å². The summed E-state index contributed by atoms with van der Waals surface area (Å²) in [5.74, 6) is 0.966. The molecule has 0 unspecified atom stereocenters. The predicted molar refractivity (Wildman–Crippen MR) is 96.9 cm³/mol. The molecule has 0 saturated carbocycles. The lowest BCUT2D eigenvalue weighted by Gasteiger charge is -2.15. The summed E-state index contributed by atoms with van der Waals surface area (Å²) in [6.45, 7) is 1.43. The fraction of sp³-hybridized carbons (Fsp3) is 0.263. The van der Waals surface area contributed by atoms with Crippen LogP contribution in [0.25, 0.3) is 11.4 Å². The summed E-state index contributed by atoms with van der Waals surface area (Å²) in [6, 6.07) is 13.0. The van der Waals surface area contributed by atoms with Crippen LogP contribution in [0.2, 0.25) is 0 Å². The third kappa shape index (κ3) is 3.28. The van der Waals surface area contributed by atoms with E-state index >= 15 is 0 Å². The number of anilines is 1. The Morgan fingerprint density at radius 2 is 1.96 bits per heavy atom. The van der Waals surface area contributed by atoms with Crippen LogP contribution in [0, 0.1) is 0 Å². The van der Waals surface area contributed by atoms with Crippen LogP contribution in [0.1, 0.15) is 34.8 Å². The van der Waals surface area contributed by atoms with Crippen LogP contribution in [0.4, 0.5) is 5.69 Å². The SMILES string of the molecule is O=C(O)c1cccc(CNc2ccc(-c3nnc4n3CCCC4)cc2)n1. The summed E-state index contributed by atoms with van der Waals surface area (Å²) >= 11 is 0. The smallest absolute Gasteiger partial charge is 0.354 e. The van der Waals surface area contributed by atoms with Crippen molar-refractivity contribution in [1.29, 1.82) is 0 Å². The number of carboxylic acids is 1. The number of fused-ring (bicyclic) bond motifs is 1. The van der Waals surface area contributed by atoms with Gasteiger partial charge < -0.3 is 15.0 Å². The summed E-state index contributed by atoms with van der Waals surface area (Å²) in [4.78, 5) is 15.1. The van der Waals surface area contributed by atoms with Crippen LogP contribution in [0.5, 0.6) is 0 Å². The number of carbonyl (C=O) groups is 1. The fourth-order valence-electron chi connectivity index (χ4n) is 3.15. The molecule has 0 fully saturated rings. The maximum absolute atomic E-state index is 11.0. The van der Waals surface area contributed by atoms with Gasteiger partial charge in [0.25, 0.3) is 0 Å². The first kappa shape index (κ1) is 16.3. The number of benzene rings is 1. The highest BCUT2D eigenvalue weighted by atomic mass is 16.4. The number of carboxylic acid groups (broad SMARTS) is 1. The molecule has 0 bridgehead atoms. The van der Waals surface area contributed by atoms with Gasteiger partial charge in [-0.15, -0.1) is 10.2 Å². The van der Waals surface area contributed by atoms with E-state index in [9.17, 15) is 4.79 Å². The number of rotatable bonds is 5. The van der Waals surface area contributed by atoms with Gasteiger partial charge in [0.1, 0.15) is 11.5 Å². The average molecular weight is 349 g/mol. The van der Waals surface area contributed by atoms with Crippen LogP contribution < -0.4 is 5.32 Å². The van der Waals surface area contributed by atoms with Crippen molar-refractivity contribution < 1.29 is 9.90 Å². The van der Waals surface area contributed by atoms with Crippen molar-refractivity contribution in [1.82, 2.24) is 19.7 Å². The summed E-state index contributed by atoms with van der Waals surface area (Å²) < 4.78 is 2.20. The largest absolute Gasteiger partial charge is 0.477 e. The molecule has 132 valence electrons. The number of hydrogen-bond acceptors (Lipinski definition) is 5. The summed E-state index contributed by atoms with van der Waals surface area (Å²) in [5.41, 5.74) is 2.72. The molecule has 0 radical (unpaired) electrons. The van der Waals surface area contributed by atoms with Gasteiger partial charge in [-0.1, -0.05) is 6.07 Å². The van der Waals surface area contributed by atoms with Gasteiger partial charge in [0.05, 0.1) is 12.2 Å². The minimum absolute atomic E-state index is 0.0521. The van der Waals surface area contributed by atoms with Crippen LogP contribution in [0.15, 0.2) is 42.5 Å². The maximum atomic E-state index is 11.0. The predicted octanol–water partition coefficient (Wildman–Crippen LogP) is 2.99. The van der Waals surface area contributed by atoms with E-state index in [2.05, 4.69) is 25.1 Å². The molecular formula is C19H19N5O2. The van der Waals surface area contributed by atoms with Crippen LogP contribution in [0.3, 0.4) is 0 Å². The second-order valence-corrected chi connectivity index (χ2v) is 6.30. The standard InChI is InChI=1S/C19H19N5O2/c25-19(26)16-5-3-4-15(21-16)12-20-14-9-7-13(8-10-14)18-23-22-17-6-1-2-11-24(17)18/h3-5,7-10,20H,1-2,6,11-12H2,(H,25,26). The van der Waals surface area contributed by atoms with Gasteiger partial charge in [-0.05, 0) is 49.2 Å². The molecule has 2 aromatic heterocycles. The quantitative estimate of drug-likeness (QED) is 0.735. The topological polar surface area (TPSA) is 92.9 Å². The highest BCUT2D eigenvalue weighted by molar-refractivity contribution is 5.85. The van der Waals surface area contributed by atoms with Gasteiger partial charge in [-0.3, -0.25) is 0 Å². The molecule has 1 aliphatic rings. The number of hydrogen-bond donors (Lipinski definition) is 2. The van der Waals surface area contributed by atoms with E-state index in [4.69, 9.17) is 5.11 Å². The Labute approximate surface area is 150 Å². The molecule has 0 amide bonds. The molecular weight excluding hydrogens is 330 g/mol. The number of aryl methyl sites for hydroxylation is 1. The number of aromatic carboxylic acids is 1. The normalized spacial score (nSPS) is 13.2. The van der Waals surface area contributed by atoms with Crippen LogP contribution >= 0.6 is 0 Å². The zero-order valence-corrected chi connectivity index (χ0v) is 14.2. The minimum Gasteiger partial charge on any atom is -0.477 e. The molecule has 7 nitrogen and oxygen atoms in total. The molecule has 1 aliphatic heterocycles. The first-order valence-corrected chi connectivity index (χ1v) is 8.66. The minimum atomic E-state index is -1.02. The molecule has 2 N–H and O–H groups in total. The van der Waals surface area contributed by atoms with Crippen molar-refractivity contribution in [2.45, 2.75) is 32.4 Å². The summed E-state index contributed by atoms with van der Waals surface area (Å²) in [5, 5.41) is 20.9. The number of nitrogens with one attached hydrogen (secondary N) is 1. The van der Waals surface area contributed by atoms with Gasteiger partial charge in [-0.2, -0.15) is 0 Å². The Bertz CT molecular complexity index is 933. The van der Waals surface area contributed by atoms with E-state index in [0.29, 0.717) is 12.2 Å². The first-order chi connectivity index (χ1) is 12.7. The molecule has 0 spiro atoms. The monoisotopic (exact) mass is 349 g/mol. The Morgan fingerprint density at radius 3 is 2.77 bits per heavy atom. The van der Waals surface area contributed by atoms with Crippen LogP contribution in [-0.4, -0.2) is 30.8 Å². The third-order valence-corrected chi connectivity index (χ3v) is 4.50. The zero-order chi connectivity index (χ0) is 17.9. The fourth-order valence-corrected chi connectivity index (χ4v) is 3.15. The molecule has 4 rings (SSSR count). The Hall–Kier alpha value is -3.22. The first-order valence-electron chi connectivity index (χ1n) is 8.66. The lowest BCUT2D eigenvalue weighted by atomic mass is 10.1. The van der Waals surface area contributed by atoms with Gasteiger partial charge >= 0.3 is 5.97 Å². The number of nitrogens with zero attached hydrogens (tertiary/aromatic N) is 4. The molecule has 0 saturated heterocycles. The second-order valence-electron chi connectivity index (χ2n) is 6.30. The van der Waals surface area contributed by atoms with Crippen LogP contribution in [-0.2, 0) is 19.5 Å². The van der Waals surface area contributed by atoms with Gasteiger partial charge in [0.15, 0.2) is 5.82 Å². The van der Waals surface area contributed by atoms with Crippen molar-refractivity contribution in [3.63, 3.8) is 0 Å². The lowest BCUT2D eigenvalue weighted by molar-refractivity contribution is 0.0690. The van der Waals surface area contributed by atoms with Crippen molar-refractivity contribution in [3.8, 4) is 11.4 Å². The van der Waals surface area contributed by atoms with Crippen molar-refractivity contribution >= 4 is 11.7 Å². The van der Waals surface area contributed by atoms with E-state index in [0.717, 1.165) is 35.9 Å². The van der Waals surface area contributed by atoms with E-state index in [-0.39, 0.29) is 5.69 Å². The Morgan fingerprint density at radius 1 is 1.12 bits per heavy atom.